The van der Waals surface area contributed by atoms with Crippen molar-refractivity contribution < 1.29 is 9.90 Å². The Hall–Kier alpha value is -1.79. The van der Waals surface area contributed by atoms with Crippen LogP contribution < -0.4 is 5.32 Å². The first-order valence-corrected chi connectivity index (χ1v) is 7.22. The number of aliphatic hydroxyl groups excluding tert-OH is 1. The minimum absolute atomic E-state index is 0.135. The molecule has 1 aromatic carbocycles. The van der Waals surface area contributed by atoms with E-state index in [9.17, 15) is 4.79 Å². The molecule has 1 aromatic rings. The fraction of sp³-hybridized carbons (Fsp3) is 0.471. The molecule has 3 rings (SSSR count). The molecule has 2 saturated carbocycles. The van der Waals surface area contributed by atoms with E-state index in [1.54, 1.807) is 0 Å². The van der Waals surface area contributed by atoms with Crippen LogP contribution in [0.15, 0.2) is 18.2 Å². The van der Waals surface area contributed by atoms with Crippen LogP contribution in [0.4, 0.5) is 5.69 Å². The number of anilines is 1. The molecule has 104 valence electrons. The minimum atomic E-state index is -0.173. The van der Waals surface area contributed by atoms with Crippen molar-refractivity contribution in [2.24, 2.45) is 17.8 Å². The molecule has 0 aliphatic heterocycles. The predicted molar refractivity (Wildman–Crippen MR) is 78.1 cm³/mol. The smallest absolute Gasteiger partial charge is 0.228 e. The molecule has 2 aliphatic carbocycles. The topological polar surface area (TPSA) is 49.3 Å². The molecule has 0 radical (unpaired) electrons. The zero-order chi connectivity index (χ0) is 14.1. The fourth-order valence-corrected chi connectivity index (χ4v) is 3.43. The normalized spacial score (nSPS) is 26.4. The van der Waals surface area contributed by atoms with Crippen LogP contribution in [-0.2, 0) is 4.79 Å². The Morgan fingerprint density at radius 3 is 2.85 bits per heavy atom. The van der Waals surface area contributed by atoms with Gasteiger partial charge in [0.2, 0.25) is 5.91 Å². The standard InChI is InChI=1S/C17H19NO2/c1-11-7-8-15(12(10-11)4-3-9-19)18-17(20)16-13-5-2-6-14(13)16/h7-8,10,13-14,16,19H,2,5-6,9H2,1H3,(H,18,20). The van der Waals surface area contributed by atoms with E-state index >= 15 is 0 Å². The van der Waals surface area contributed by atoms with Crippen LogP contribution in [0, 0.1) is 36.5 Å². The summed E-state index contributed by atoms with van der Waals surface area (Å²) in [6, 6.07) is 5.80. The van der Waals surface area contributed by atoms with Crippen LogP contribution in [0.25, 0.3) is 0 Å². The fourth-order valence-electron chi connectivity index (χ4n) is 3.43. The second-order valence-electron chi connectivity index (χ2n) is 5.78. The average Bonchev–Trinajstić information content (AvgIpc) is 2.92. The molecule has 2 atom stereocenters. The maximum atomic E-state index is 12.3. The lowest BCUT2D eigenvalue weighted by atomic mass is 10.1. The lowest BCUT2D eigenvalue weighted by Crippen LogP contribution is -2.17. The van der Waals surface area contributed by atoms with Crippen molar-refractivity contribution >= 4 is 11.6 Å². The quantitative estimate of drug-likeness (QED) is 0.810. The van der Waals surface area contributed by atoms with Crippen molar-refractivity contribution in [3.05, 3.63) is 29.3 Å². The number of rotatable bonds is 2. The first kappa shape index (κ1) is 13.2. The van der Waals surface area contributed by atoms with Crippen molar-refractivity contribution in [1.82, 2.24) is 0 Å². The molecule has 1 amide bonds. The largest absolute Gasteiger partial charge is 0.384 e. The second kappa shape index (κ2) is 5.30. The number of fused-ring (bicyclic) bond motifs is 1. The Labute approximate surface area is 119 Å². The Kier molecular flexibility index (Phi) is 3.50. The van der Waals surface area contributed by atoms with Gasteiger partial charge in [0.25, 0.3) is 0 Å². The van der Waals surface area contributed by atoms with Crippen molar-refractivity contribution in [1.29, 1.82) is 0 Å². The van der Waals surface area contributed by atoms with Gasteiger partial charge in [-0.25, -0.2) is 0 Å². The van der Waals surface area contributed by atoms with Gasteiger partial charge >= 0.3 is 0 Å². The number of hydrogen-bond acceptors (Lipinski definition) is 2. The first-order valence-electron chi connectivity index (χ1n) is 7.22. The molecule has 0 saturated heterocycles. The SMILES string of the molecule is Cc1ccc(NC(=O)C2C3CCCC32)c(C#CCO)c1. The molecule has 2 N–H and O–H groups in total. The van der Waals surface area contributed by atoms with Crippen molar-refractivity contribution in [2.45, 2.75) is 26.2 Å². The van der Waals surface area contributed by atoms with Crippen LogP contribution in [0.1, 0.15) is 30.4 Å². The number of aliphatic hydroxyl groups is 1. The van der Waals surface area contributed by atoms with Crippen molar-refractivity contribution in [2.75, 3.05) is 11.9 Å². The molecule has 3 nitrogen and oxygen atoms in total. The minimum Gasteiger partial charge on any atom is -0.384 e. The highest BCUT2D eigenvalue weighted by Crippen LogP contribution is 2.57. The molecular weight excluding hydrogens is 250 g/mol. The number of benzene rings is 1. The molecule has 20 heavy (non-hydrogen) atoms. The maximum absolute atomic E-state index is 12.3. The lowest BCUT2D eigenvalue weighted by molar-refractivity contribution is -0.118. The Bertz CT molecular complexity index is 587. The van der Waals surface area contributed by atoms with Gasteiger partial charge in [-0.05, 0) is 49.3 Å². The van der Waals surface area contributed by atoms with E-state index in [1.165, 1.54) is 19.3 Å². The number of carbonyl (C=O) groups excluding carboxylic acids is 1. The molecule has 3 heteroatoms. The highest BCUT2D eigenvalue weighted by molar-refractivity contribution is 5.96. The van der Waals surface area contributed by atoms with E-state index in [1.807, 2.05) is 25.1 Å². The van der Waals surface area contributed by atoms with E-state index in [2.05, 4.69) is 17.2 Å². The molecule has 2 fully saturated rings. The molecule has 2 unspecified atom stereocenters. The van der Waals surface area contributed by atoms with Gasteiger partial charge in [0.15, 0.2) is 0 Å². The lowest BCUT2D eigenvalue weighted by Gasteiger charge is -2.09. The second-order valence-corrected chi connectivity index (χ2v) is 5.78. The molecular formula is C17H19NO2. The predicted octanol–water partition coefficient (Wildman–Crippen LogP) is 2.32. The van der Waals surface area contributed by atoms with Crippen molar-refractivity contribution in [3.8, 4) is 11.8 Å². The van der Waals surface area contributed by atoms with Gasteiger partial charge in [0.1, 0.15) is 6.61 Å². The van der Waals surface area contributed by atoms with Crippen LogP contribution in [0.3, 0.4) is 0 Å². The van der Waals surface area contributed by atoms with Gasteiger partial charge in [-0.1, -0.05) is 24.3 Å². The molecule has 2 aliphatic rings. The highest BCUT2D eigenvalue weighted by atomic mass is 16.2. The highest BCUT2D eigenvalue weighted by Gasteiger charge is 2.56. The number of hydrogen-bond donors (Lipinski definition) is 2. The number of carbonyl (C=O) groups is 1. The molecule has 0 heterocycles. The number of amides is 1. The van der Waals surface area contributed by atoms with Gasteiger partial charge in [-0.3, -0.25) is 4.79 Å². The van der Waals surface area contributed by atoms with E-state index in [0.717, 1.165) is 16.8 Å². The third kappa shape index (κ3) is 2.44. The number of nitrogens with one attached hydrogen (secondary N) is 1. The molecule has 0 spiro atoms. The van der Waals surface area contributed by atoms with Gasteiger partial charge in [0, 0.05) is 11.5 Å². The molecule has 0 aromatic heterocycles. The number of aryl methyl sites for hydroxylation is 1. The van der Waals surface area contributed by atoms with Crippen LogP contribution in [0.5, 0.6) is 0 Å². The zero-order valence-corrected chi connectivity index (χ0v) is 11.6. The summed E-state index contributed by atoms with van der Waals surface area (Å²) in [5, 5.41) is 11.8. The van der Waals surface area contributed by atoms with Crippen LogP contribution in [0.2, 0.25) is 0 Å². The first-order chi connectivity index (χ1) is 9.70. The third-order valence-corrected chi connectivity index (χ3v) is 4.44. The van der Waals surface area contributed by atoms with Gasteiger partial charge < -0.3 is 10.4 Å². The van der Waals surface area contributed by atoms with E-state index in [-0.39, 0.29) is 18.4 Å². The van der Waals surface area contributed by atoms with Crippen LogP contribution >= 0.6 is 0 Å². The summed E-state index contributed by atoms with van der Waals surface area (Å²) in [5.41, 5.74) is 2.62. The Morgan fingerprint density at radius 2 is 2.15 bits per heavy atom. The van der Waals surface area contributed by atoms with Crippen LogP contribution in [-0.4, -0.2) is 17.6 Å². The maximum Gasteiger partial charge on any atom is 0.228 e. The monoisotopic (exact) mass is 269 g/mol. The molecule has 0 bridgehead atoms. The van der Waals surface area contributed by atoms with Gasteiger partial charge in [-0.2, -0.15) is 0 Å². The summed E-state index contributed by atoms with van der Waals surface area (Å²) in [6.07, 6.45) is 3.68. The Morgan fingerprint density at radius 1 is 1.40 bits per heavy atom. The Balaban J connectivity index is 1.75. The van der Waals surface area contributed by atoms with Gasteiger partial charge in [-0.15, -0.1) is 0 Å². The average molecular weight is 269 g/mol. The van der Waals surface area contributed by atoms with Crippen molar-refractivity contribution in [3.63, 3.8) is 0 Å². The van der Waals surface area contributed by atoms with E-state index < -0.39 is 0 Å². The summed E-state index contributed by atoms with van der Waals surface area (Å²) >= 11 is 0. The van der Waals surface area contributed by atoms with Gasteiger partial charge in [0.05, 0.1) is 5.69 Å². The summed E-state index contributed by atoms with van der Waals surface area (Å²) in [6.45, 7) is 1.81. The van der Waals surface area contributed by atoms with E-state index in [4.69, 9.17) is 5.11 Å². The van der Waals surface area contributed by atoms with E-state index in [0.29, 0.717) is 11.8 Å². The summed E-state index contributed by atoms with van der Waals surface area (Å²) in [5.74, 6) is 7.13. The summed E-state index contributed by atoms with van der Waals surface area (Å²) < 4.78 is 0. The zero-order valence-electron chi connectivity index (χ0n) is 11.6. The summed E-state index contributed by atoms with van der Waals surface area (Å²) in [4.78, 5) is 12.3. The summed E-state index contributed by atoms with van der Waals surface area (Å²) in [7, 11) is 0. The third-order valence-electron chi connectivity index (χ3n) is 4.44.